The summed E-state index contributed by atoms with van der Waals surface area (Å²) in [5, 5.41) is 8.53. The summed E-state index contributed by atoms with van der Waals surface area (Å²) in [7, 11) is 0. The molecule has 198 valence electrons. The Bertz CT molecular complexity index is 1290. The number of nitrogens with zero attached hydrogens (tertiary/aromatic N) is 1. The molecule has 0 aliphatic heterocycles. The molecule has 3 rings (SSSR count). The zero-order valence-corrected chi connectivity index (χ0v) is 20.9. The van der Waals surface area contributed by atoms with Crippen molar-refractivity contribution in [3.63, 3.8) is 0 Å². The minimum atomic E-state index is -3.57. The summed E-state index contributed by atoms with van der Waals surface area (Å²) in [4.78, 5) is 12.1. The molecule has 0 aliphatic rings. The van der Waals surface area contributed by atoms with Gasteiger partial charge < -0.3 is 25.7 Å². The van der Waals surface area contributed by atoms with Crippen LogP contribution in [0.3, 0.4) is 0 Å². The number of nitriles is 1. The first-order chi connectivity index (χ1) is 18.2. The molecule has 0 aromatic heterocycles. The van der Waals surface area contributed by atoms with Crippen molar-refractivity contribution in [2.75, 3.05) is 24.7 Å². The molecule has 4 N–H and O–H groups in total. The molecular weight excluding hydrogens is 492 g/mol. The second kappa shape index (κ2) is 13.1. The zero-order chi connectivity index (χ0) is 27.5. The van der Waals surface area contributed by atoms with Crippen molar-refractivity contribution in [3.8, 4) is 17.6 Å². The third-order valence-corrected chi connectivity index (χ3v) is 5.55. The fourth-order valence-electron chi connectivity index (χ4n) is 3.49. The van der Waals surface area contributed by atoms with Crippen LogP contribution in [0.1, 0.15) is 42.4 Å². The van der Waals surface area contributed by atoms with Gasteiger partial charge in [-0.1, -0.05) is 25.1 Å². The quantitative estimate of drug-likeness (QED) is 0.129. The van der Waals surface area contributed by atoms with Crippen molar-refractivity contribution in [1.82, 2.24) is 0 Å². The summed E-state index contributed by atoms with van der Waals surface area (Å²) in [6.07, 6.45) is 0.0941. The van der Waals surface area contributed by atoms with E-state index in [-0.39, 0.29) is 23.8 Å². The highest BCUT2D eigenvalue weighted by Gasteiger charge is 2.34. The van der Waals surface area contributed by atoms with Gasteiger partial charge in [-0.15, -0.1) is 0 Å². The highest BCUT2D eigenvalue weighted by Crippen LogP contribution is 2.32. The average molecular weight is 522 g/mol. The Kier molecular flexibility index (Phi) is 9.66. The summed E-state index contributed by atoms with van der Waals surface area (Å²) in [5.74, 6) is -0.230. The molecule has 3 aromatic carbocycles. The smallest absolute Gasteiger partial charge is 0.426 e. The average Bonchev–Trinajstić information content (AvgIpc) is 2.89. The summed E-state index contributed by atoms with van der Waals surface area (Å²) < 4.78 is 44.9. The van der Waals surface area contributed by atoms with Crippen LogP contribution in [-0.2, 0) is 15.6 Å². The number of nitrogen functional groups attached to an aromatic ring is 2. The summed E-state index contributed by atoms with van der Waals surface area (Å²) >= 11 is 0. The van der Waals surface area contributed by atoms with E-state index in [0.717, 1.165) is 5.56 Å². The first-order valence-corrected chi connectivity index (χ1v) is 11.9. The number of benzene rings is 3. The molecule has 0 spiro atoms. The van der Waals surface area contributed by atoms with E-state index in [9.17, 15) is 13.6 Å². The minimum absolute atomic E-state index is 0.0268. The van der Waals surface area contributed by atoms with Crippen molar-refractivity contribution in [2.45, 2.75) is 31.8 Å². The minimum Gasteiger partial charge on any atom is -0.494 e. The van der Waals surface area contributed by atoms with Gasteiger partial charge >= 0.3 is 12.1 Å². The van der Waals surface area contributed by atoms with Gasteiger partial charge in [-0.25, -0.2) is 4.79 Å². The van der Waals surface area contributed by atoms with Gasteiger partial charge in [0.15, 0.2) is 0 Å². The molecule has 0 bridgehead atoms. The Balaban J connectivity index is 1.51. The fraction of sp³-hybridized carbons (Fsp3) is 0.241. The SMILES string of the molecule is CC(COC(=O)/C=C/c1ccc(C(F)(F)Oc2ccc(OCCCC#N)cc2)cc1)c1ccc(N)cc1N. The normalized spacial score (nSPS) is 12.1. The molecule has 0 fully saturated rings. The maximum atomic E-state index is 14.6. The highest BCUT2D eigenvalue weighted by atomic mass is 19.3. The molecule has 38 heavy (non-hydrogen) atoms. The summed E-state index contributed by atoms with van der Waals surface area (Å²) in [5.41, 5.74) is 13.8. The second-order valence-corrected chi connectivity index (χ2v) is 8.58. The molecule has 0 radical (unpaired) electrons. The van der Waals surface area contributed by atoms with Crippen LogP contribution in [0.25, 0.3) is 6.08 Å². The van der Waals surface area contributed by atoms with Gasteiger partial charge in [0.1, 0.15) is 11.5 Å². The molecular formula is C29H29F2N3O4. The molecule has 0 saturated heterocycles. The molecule has 9 heteroatoms. The number of hydrogen-bond donors (Lipinski definition) is 2. The van der Waals surface area contributed by atoms with Crippen LogP contribution in [0, 0.1) is 11.3 Å². The van der Waals surface area contributed by atoms with E-state index in [1.165, 1.54) is 60.7 Å². The van der Waals surface area contributed by atoms with E-state index in [4.69, 9.17) is 30.9 Å². The summed E-state index contributed by atoms with van der Waals surface area (Å²) in [6, 6.07) is 18.4. The van der Waals surface area contributed by atoms with Crippen LogP contribution in [0.2, 0.25) is 0 Å². The Morgan fingerprint density at radius 2 is 1.74 bits per heavy atom. The maximum Gasteiger partial charge on any atom is 0.426 e. The van der Waals surface area contributed by atoms with E-state index < -0.39 is 12.1 Å². The van der Waals surface area contributed by atoms with Crippen LogP contribution in [0.15, 0.2) is 72.8 Å². The number of carbonyl (C=O) groups is 1. The Labute approximate surface area is 220 Å². The lowest BCUT2D eigenvalue weighted by Gasteiger charge is -2.18. The predicted molar refractivity (Wildman–Crippen MR) is 141 cm³/mol. The number of ether oxygens (including phenoxy) is 3. The van der Waals surface area contributed by atoms with Crippen LogP contribution in [0.5, 0.6) is 11.5 Å². The number of esters is 1. The van der Waals surface area contributed by atoms with Gasteiger partial charge in [-0.3, -0.25) is 0 Å². The first-order valence-electron chi connectivity index (χ1n) is 11.9. The topological polar surface area (TPSA) is 121 Å². The Morgan fingerprint density at radius 1 is 1.05 bits per heavy atom. The Morgan fingerprint density at radius 3 is 2.39 bits per heavy atom. The largest absolute Gasteiger partial charge is 0.494 e. The van der Waals surface area contributed by atoms with E-state index >= 15 is 0 Å². The van der Waals surface area contributed by atoms with E-state index in [0.29, 0.717) is 42.1 Å². The maximum absolute atomic E-state index is 14.6. The number of carbonyl (C=O) groups excluding carboxylic acids is 1. The van der Waals surface area contributed by atoms with E-state index in [1.807, 2.05) is 13.0 Å². The van der Waals surface area contributed by atoms with Crippen molar-refractivity contribution in [3.05, 3.63) is 89.5 Å². The van der Waals surface area contributed by atoms with Crippen LogP contribution in [0.4, 0.5) is 20.2 Å². The monoisotopic (exact) mass is 521 g/mol. The first kappa shape index (κ1) is 28.0. The number of rotatable bonds is 12. The second-order valence-electron chi connectivity index (χ2n) is 8.58. The zero-order valence-electron chi connectivity index (χ0n) is 20.9. The van der Waals surface area contributed by atoms with Crippen molar-refractivity contribution in [2.24, 2.45) is 0 Å². The number of halogens is 2. The number of unbranched alkanes of at least 4 members (excludes halogenated alkanes) is 1. The van der Waals surface area contributed by atoms with E-state index in [1.54, 1.807) is 18.2 Å². The molecule has 0 saturated carbocycles. The number of alkyl halides is 2. The van der Waals surface area contributed by atoms with Crippen LogP contribution < -0.4 is 20.9 Å². The van der Waals surface area contributed by atoms with Gasteiger partial charge in [-0.2, -0.15) is 14.0 Å². The van der Waals surface area contributed by atoms with E-state index in [2.05, 4.69) is 0 Å². The molecule has 0 aliphatic carbocycles. The summed E-state index contributed by atoms with van der Waals surface area (Å²) in [6.45, 7) is 2.36. The number of hydrogen-bond acceptors (Lipinski definition) is 7. The predicted octanol–water partition coefficient (Wildman–Crippen LogP) is 6.02. The van der Waals surface area contributed by atoms with Crippen LogP contribution in [-0.4, -0.2) is 19.2 Å². The third kappa shape index (κ3) is 8.23. The number of nitrogens with two attached hydrogens (primary N) is 2. The molecule has 7 nitrogen and oxygen atoms in total. The molecule has 1 unspecified atom stereocenters. The lowest BCUT2D eigenvalue weighted by atomic mass is 10.00. The van der Waals surface area contributed by atoms with Gasteiger partial charge in [0.25, 0.3) is 0 Å². The lowest BCUT2D eigenvalue weighted by molar-refractivity contribution is -0.185. The van der Waals surface area contributed by atoms with Gasteiger partial charge in [-0.05, 0) is 72.2 Å². The van der Waals surface area contributed by atoms with Crippen LogP contribution >= 0.6 is 0 Å². The van der Waals surface area contributed by atoms with Gasteiger partial charge in [0.05, 0.1) is 24.8 Å². The molecule has 1 atom stereocenters. The highest BCUT2D eigenvalue weighted by molar-refractivity contribution is 5.87. The number of anilines is 2. The van der Waals surface area contributed by atoms with Crippen molar-refractivity contribution in [1.29, 1.82) is 5.26 Å². The Hall–Kier alpha value is -4.58. The third-order valence-electron chi connectivity index (χ3n) is 5.55. The van der Waals surface area contributed by atoms with Gasteiger partial charge in [0.2, 0.25) is 0 Å². The lowest BCUT2D eigenvalue weighted by Crippen LogP contribution is -2.21. The van der Waals surface area contributed by atoms with Crippen molar-refractivity contribution < 1.29 is 27.8 Å². The molecule has 0 amide bonds. The molecule has 3 aromatic rings. The fourth-order valence-corrected chi connectivity index (χ4v) is 3.49. The molecule has 0 heterocycles. The van der Waals surface area contributed by atoms with Gasteiger partial charge in [0, 0.05) is 29.8 Å². The standard InChI is InChI=1S/C29H29F2N3O4/c1-20(26-14-9-23(33)18-27(26)34)19-37-28(35)15-6-21-4-7-22(8-5-21)29(30,31)38-25-12-10-24(11-13-25)36-17-3-2-16-32/h4-15,18,20H,2-3,17,19,33-34H2,1H3/b15-6+. The van der Waals surface area contributed by atoms with Crippen molar-refractivity contribution >= 4 is 23.4 Å².